The molecule has 1 fully saturated rings. The smallest absolute Gasteiger partial charge is 0.232 e. The van der Waals surface area contributed by atoms with Crippen LogP contribution >= 0.6 is 0 Å². The van der Waals surface area contributed by atoms with Crippen LogP contribution in [0.2, 0.25) is 0 Å². The number of hydrogen-bond acceptors (Lipinski definition) is 5. The molecular weight excluding hydrogens is 170 g/mol. The molecule has 0 radical (unpaired) electrons. The minimum atomic E-state index is 0.141. The number of hydrogen-bond donors (Lipinski definition) is 1. The van der Waals surface area contributed by atoms with Crippen LogP contribution < -0.4 is 10.2 Å². The van der Waals surface area contributed by atoms with Crippen LogP contribution in [0.25, 0.3) is 0 Å². The van der Waals surface area contributed by atoms with Crippen molar-refractivity contribution in [1.29, 1.82) is 0 Å². The number of ether oxygens (including phenoxy) is 1. The average Bonchev–Trinajstić information content (AvgIpc) is 2.71. The van der Waals surface area contributed by atoms with Gasteiger partial charge in [0.15, 0.2) is 0 Å². The van der Waals surface area contributed by atoms with Gasteiger partial charge in [-0.3, -0.25) is 4.98 Å². The summed E-state index contributed by atoms with van der Waals surface area (Å²) in [6, 6.07) is 0.141. The Morgan fingerprint density at radius 2 is 2.54 bits per heavy atom. The Kier molecular flexibility index (Phi) is 2.37. The Labute approximate surface area is 76.1 Å². The summed E-state index contributed by atoms with van der Waals surface area (Å²) in [6.45, 7) is 0.712. The van der Waals surface area contributed by atoms with Crippen molar-refractivity contribution < 1.29 is 9.57 Å². The summed E-state index contributed by atoms with van der Waals surface area (Å²) >= 11 is 0. The van der Waals surface area contributed by atoms with Gasteiger partial charge in [0.2, 0.25) is 5.88 Å². The predicted octanol–water partition coefficient (Wildman–Crippen LogP) is 0.451. The molecule has 5 nitrogen and oxygen atoms in total. The lowest BCUT2D eigenvalue weighted by atomic mass is 10.2. The SMILES string of the molecule is COc1cncc([C@@H]2CCON2)n1. The monoisotopic (exact) mass is 181 g/mol. The maximum atomic E-state index is 5.03. The van der Waals surface area contributed by atoms with Crippen LogP contribution in [0.15, 0.2) is 12.4 Å². The molecule has 0 aromatic carbocycles. The van der Waals surface area contributed by atoms with Gasteiger partial charge in [-0.05, 0) is 6.42 Å². The normalized spacial score (nSPS) is 21.8. The van der Waals surface area contributed by atoms with E-state index in [0.717, 1.165) is 12.1 Å². The Morgan fingerprint density at radius 1 is 1.62 bits per heavy atom. The Morgan fingerprint density at radius 3 is 3.23 bits per heavy atom. The Bertz CT molecular complexity index is 286. The average molecular weight is 181 g/mol. The molecular formula is C8H11N3O2. The van der Waals surface area contributed by atoms with Crippen LogP contribution in [0.5, 0.6) is 5.88 Å². The molecule has 1 atom stereocenters. The molecule has 1 aliphatic heterocycles. The third kappa shape index (κ3) is 1.76. The van der Waals surface area contributed by atoms with Crippen molar-refractivity contribution in [1.82, 2.24) is 15.4 Å². The van der Waals surface area contributed by atoms with Crippen molar-refractivity contribution in [2.75, 3.05) is 13.7 Å². The summed E-state index contributed by atoms with van der Waals surface area (Å²) in [5.41, 5.74) is 3.72. The zero-order valence-electron chi connectivity index (χ0n) is 7.36. The maximum Gasteiger partial charge on any atom is 0.232 e. The van der Waals surface area contributed by atoms with Crippen LogP contribution in [0.4, 0.5) is 0 Å². The molecule has 13 heavy (non-hydrogen) atoms. The van der Waals surface area contributed by atoms with E-state index in [9.17, 15) is 0 Å². The first-order chi connectivity index (χ1) is 6.40. The second-order valence-electron chi connectivity index (χ2n) is 2.79. The van der Waals surface area contributed by atoms with Gasteiger partial charge >= 0.3 is 0 Å². The highest BCUT2D eigenvalue weighted by molar-refractivity contribution is 5.11. The molecule has 1 aromatic rings. The van der Waals surface area contributed by atoms with Gasteiger partial charge in [-0.25, -0.2) is 4.98 Å². The zero-order valence-corrected chi connectivity index (χ0v) is 7.36. The van der Waals surface area contributed by atoms with Gasteiger partial charge in [0.1, 0.15) is 0 Å². The summed E-state index contributed by atoms with van der Waals surface area (Å²) < 4.78 is 4.97. The van der Waals surface area contributed by atoms with Crippen molar-refractivity contribution in [2.24, 2.45) is 0 Å². The summed E-state index contributed by atoms with van der Waals surface area (Å²) in [6.07, 6.45) is 4.22. The zero-order chi connectivity index (χ0) is 9.10. The fourth-order valence-electron chi connectivity index (χ4n) is 1.23. The van der Waals surface area contributed by atoms with Crippen molar-refractivity contribution in [2.45, 2.75) is 12.5 Å². The van der Waals surface area contributed by atoms with Crippen LogP contribution in [0.1, 0.15) is 18.2 Å². The lowest BCUT2D eigenvalue weighted by molar-refractivity contribution is 0.0875. The molecule has 70 valence electrons. The molecule has 1 aromatic heterocycles. The standard InChI is InChI=1S/C8H11N3O2/c1-12-8-5-9-4-7(10-8)6-2-3-13-11-6/h4-6,11H,2-3H2,1H3/t6-/m0/s1. The number of nitrogens with zero attached hydrogens (tertiary/aromatic N) is 2. The molecule has 1 saturated heterocycles. The van der Waals surface area contributed by atoms with E-state index < -0.39 is 0 Å². The van der Waals surface area contributed by atoms with E-state index in [1.807, 2.05) is 0 Å². The van der Waals surface area contributed by atoms with Crippen molar-refractivity contribution in [3.05, 3.63) is 18.1 Å². The molecule has 1 N–H and O–H groups in total. The van der Waals surface area contributed by atoms with Crippen molar-refractivity contribution in [3.8, 4) is 5.88 Å². The van der Waals surface area contributed by atoms with Crippen LogP contribution in [-0.2, 0) is 4.84 Å². The first-order valence-electron chi connectivity index (χ1n) is 4.13. The van der Waals surface area contributed by atoms with Crippen molar-refractivity contribution in [3.63, 3.8) is 0 Å². The van der Waals surface area contributed by atoms with E-state index in [-0.39, 0.29) is 6.04 Å². The molecule has 2 heterocycles. The molecule has 0 amide bonds. The topological polar surface area (TPSA) is 56.3 Å². The van der Waals surface area contributed by atoms with Crippen LogP contribution in [-0.4, -0.2) is 23.7 Å². The van der Waals surface area contributed by atoms with E-state index in [1.54, 1.807) is 19.5 Å². The van der Waals surface area contributed by atoms with Crippen LogP contribution in [0.3, 0.4) is 0 Å². The van der Waals surface area contributed by atoms with Gasteiger partial charge in [-0.1, -0.05) is 0 Å². The minimum absolute atomic E-state index is 0.141. The highest BCUT2D eigenvalue weighted by Crippen LogP contribution is 2.19. The summed E-state index contributed by atoms with van der Waals surface area (Å²) in [4.78, 5) is 13.3. The lowest BCUT2D eigenvalue weighted by Gasteiger charge is -2.07. The number of rotatable bonds is 2. The lowest BCUT2D eigenvalue weighted by Crippen LogP contribution is -2.13. The van der Waals surface area contributed by atoms with Crippen LogP contribution in [0, 0.1) is 0 Å². The van der Waals surface area contributed by atoms with E-state index in [4.69, 9.17) is 9.57 Å². The summed E-state index contributed by atoms with van der Waals surface area (Å²) in [5.74, 6) is 0.534. The summed E-state index contributed by atoms with van der Waals surface area (Å²) in [5, 5.41) is 0. The van der Waals surface area contributed by atoms with Gasteiger partial charge in [0.05, 0.1) is 37.8 Å². The fraction of sp³-hybridized carbons (Fsp3) is 0.500. The molecule has 0 aliphatic carbocycles. The van der Waals surface area contributed by atoms with Gasteiger partial charge in [-0.15, -0.1) is 0 Å². The number of hydroxylamine groups is 1. The molecule has 0 bridgehead atoms. The van der Waals surface area contributed by atoms with Crippen molar-refractivity contribution >= 4 is 0 Å². The second-order valence-corrected chi connectivity index (χ2v) is 2.79. The first-order valence-corrected chi connectivity index (χ1v) is 4.13. The molecule has 0 spiro atoms. The van der Waals surface area contributed by atoms with Gasteiger partial charge in [0, 0.05) is 0 Å². The predicted molar refractivity (Wildman–Crippen MR) is 45.0 cm³/mol. The summed E-state index contributed by atoms with van der Waals surface area (Å²) in [7, 11) is 1.58. The van der Waals surface area contributed by atoms with E-state index in [0.29, 0.717) is 12.5 Å². The second kappa shape index (κ2) is 3.68. The molecule has 1 aliphatic rings. The maximum absolute atomic E-state index is 5.03. The molecule has 5 heteroatoms. The third-order valence-electron chi connectivity index (χ3n) is 1.93. The first kappa shape index (κ1) is 8.40. The number of nitrogens with one attached hydrogen (secondary N) is 1. The van der Waals surface area contributed by atoms with E-state index in [2.05, 4.69) is 15.4 Å². The van der Waals surface area contributed by atoms with E-state index >= 15 is 0 Å². The molecule has 0 unspecified atom stereocenters. The Balaban J connectivity index is 2.18. The Hall–Kier alpha value is -1.20. The molecule has 0 saturated carbocycles. The quantitative estimate of drug-likeness (QED) is 0.718. The highest BCUT2D eigenvalue weighted by atomic mass is 16.7. The number of aromatic nitrogens is 2. The molecule has 2 rings (SSSR count). The minimum Gasteiger partial charge on any atom is -0.480 e. The van der Waals surface area contributed by atoms with Gasteiger partial charge < -0.3 is 9.57 Å². The highest BCUT2D eigenvalue weighted by Gasteiger charge is 2.19. The third-order valence-corrected chi connectivity index (χ3v) is 1.93. The fourth-order valence-corrected chi connectivity index (χ4v) is 1.23. The van der Waals surface area contributed by atoms with Gasteiger partial charge in [-0.2, -0.15) is 5.48 Å². The largest absolute Gasteiger partial charge is 0.480 e. The van der Waals surface area contributed by atoms with E-state index in [1.165, 1.54) is 0 Å². The number of methoxy groups -OCH3 is 1. The van der Waals surface area contributed by atoms with Gasteiger partial charge in [0.25, 0.3) is 0 Å².